The number of carbonyl (C=O) groups is 2. The van der Waals surface area contributed by atoms with Crippen molar-refractivity contribution in [3.63, 3.8) is 0 Å². The van der Waals surface area contributed by atoms with Crippen LogP contribution in [-0.2, 0) is 16.1 Å². The quantitative estimate of drug-likeness (QED) is 0.836. The van der Waals surface area contributed by atoms with Crippen LogP contribution in [0.3, 0.4) is 0 Å². The molecule has 1 unspecified atom stereocenters. The molecule has 114 valence electrons. The third kappa shape index (κ3) is 4.82. The van der Waals surface area contributed by atoms with Gasteiger partial charge in [-0.25, -0.2) is 0 Å². The van der Waals surface area contributed by atoms with E-state index < -0.39 is 5.91 Å². The lowest BCUT2D eigenvalue weighted by Gasteiger charge is -2.29. The number of halogens is 1. The van der Waals surface area contributed by atoms with Crippen molar-refractivity contribution in [2.45, 2.75) is 19.4 Å². The van der Waals surface area contributed by atoms with Gasteiger partial charge in [-0.2, -0.15) is 0 Å². The molecule has 2 rings (SSSR count). The van der Waals surface area contributed by atoms with Crippen molar-refractivity contribution in [1.29, 1.82) is 0 Å². The van der Waals surface area contributed by atoms with Crippen molar-refractivity contribution in [2.24, 2.45) is 11.7 Å². The maximum absolute atomic E-state index is 12.6. The van der Waals surface area contributed by atoms with Crippen LogP contribution in [0.15, 0.2) is 28.7 Å². The zero-order valence-electron chi connectivity index (χ0n) is 11.8. The van der Waals surface area contributed by atoms with E-state index in [9.17, 15) is 9.59 Å². The monoisotopic (exact) mass is 353 g/mol. The molecule has 1 aromatic carbocycles. The van der Waals surface area contributed by atoms with Crippen LogP contribution in [0.1, 0.15) is 18.4 Å². The molecule has 0 spiro atoms. The summed E-state index contributed by atoms with van der Waals surface area (Å²) in [7, 11) is 0. The van der Waals surface area contributed by atoms with E-state index in [0.717, 1.165) is 29.4 Å². The fourth-order valence-electron chi connectivity index (χ4n) is 2.53. The Hall–Kier alpha value is -1.40. The molecule has 0 saturated carbocycles. The van der Waals surface area contributed by atoms with Crippen LogP contribution in [0.5, 0.6) is 0 Å². The van der Waals surface area contributed by atoms with Crippen LogP contribution in [0.4, 0.5) is 0 Å². The summed E-state index contributed by atoms with van der Waals surface area (Å²) in [5, 5.41) is 3.23. The Morgan fingerprint density at radius 2 is 2.05 bits per heavy atom. The molecular formula is C15H20BrN3O2. The Labute approximate surface area is 133 Å². The molecule has 3 N–H and O–H groups in total. The van der Waals surface area contributed by atoms with Crippen LogP contribution in [0.2, 0.25) is 0 Å². The van der Waals surface area contributed by atoms with E-state index in [1.54, 1.807) is 4.90 Å². The van der Waals surface area contributed by atoms with Gasteiger partial charge in [-0.1, -0.05) is 28.1 Å². The van der Waals surface area contributed by atoms with Crippen LogP contribution in [0, 0.1) is 5.92 Å². The number of piperidine rings is 1. The highest BCUT2D eigenvalue weighted by atomic mass is 79.9. The molecule has 1 fully saturated rings. The normalized spacial score (nSPS) is 18.2. The summed E-state index contributed by atoms with van der Waals surface area (Å²) in [5.41, 5.74) is 6.27. The van der Waals surface area contributed by atoms with Gasteiger partial charge in [-0.15, -0.1) is 0 Å². The predicted molar refractivity (Wildman–Crippen MR) is 84.3 cm³/mol. The summed E-state index contributed by atoms with van der Waals surface area (Å²) < 4.78 is 0.982. The molecule has 1 saturated heterocycles. The highest BCUT2D eigenvalue weighted by Gasteiger charge is 2.26. The lowest BCUT2D eigenvalue weighted by Crippen LogP contribution is -2.45. The number of carbonyl (C=O) groups excluding carboxylic acids is 2. The third-order valence-electron chi connectivity index (χ3n) is 3.59. The van der Waals surface area contributed by atoms with Gasteiger partial charge in [0, 0.05) is 17.6 Å². The minimum absolute atomic E-state index is 0.00363. The van der Waals surface area contributed by atoms with E-state index in [-0.39, 0.29) is 18.4 Å². The Morgan fingerprint density at radius 1 is 1.33 bits per heavy atom. The second kappa shape index (κ2) is 7.56. The van der Waals surface area contributed by atoms with Gasteiger partial charge in [-0.3, -0.25) is 9.59 Å². The zero-order valence-corrected chi connectivity index (χ0v) is 13.4. The lowest BCUT2D eigenvalue weighted by atomic mass is 9.98. The van der Waals surface area contributed by atoms with Gasteiger partial charge in [0.2, 0.25) is 11.8 Å². The molecule has 1 atom stereocenters. The molecule has 1 aliphatic heterocycles. The van der Waals surface area contributed by atoms with Gasteiger partial charge < -0.3 is 16.0 Å². The number of amides is 2. The van der Waals surface area contributed by atoms with E-state index in [1.165, 1.54) is 0 Å². The molecule has 0 radical (unpaired) electrons. The molecule has 1 aliphatic rings. The second-order valence-electron chi connectivity index (χ2n) is 5.33. The molecule has 21 heavy (non-hydrogen) atoms. The molecule has 5 nitrogen and oxygen atoms in total. The van der Waals surface area contributed by atoms with Crippen molar-refractivity contribution in [2.75, 3.05) is 19.6 Å². The van der Waals surface area contributed by atoms with Crippen molar-refractivity contribution in [3.8, 4) is 0 Å². The average Bonchev–Trinajstić information content (AvgIpc) is 2.48. The van der Waals surface area contributed by atoms with Crippen LogP contribution in [0.25, 0.3) is 0 Å². The fraction of sp³-hybridized carbons (Fsp3) is 0.467. The predicted octanol–water partition coefficient (Wildman–Crippen LogP) is 1.26. The van der Waals surface area contributed by atoms with E-state index in [4.69, 9.17) is 5.73 Å². The van der Waals surface area contributed by atoms with Crippen LogP contribution in [-0.4, -0.2) is 36.3 Å². The molecule has 1 aromatic rings. The van der Waals surface area contributed by atoms with E-state index in [0.29, 0.717) is 13.1 Å². The summed E-state index contributed by atoms with van der Waals surface area (Å²) >= 11 is 3.38. The highest BCUT2D eigenvalue weighted by molar-refractivity contribution is 9.10. The minimum Gasteiger partial charge on any atom is -0.368 e. The van der Waals surface area contributed by atoms with E-state index >= 15 is 0 Å². The molecule has 0 aliphatic carbocycles. The van der Waals surface area contributed by atoms with Gasteiger partial charge in [0.05, 0.1) is 12.5 Å². The third-order valence-corrected chi connectivity index (χ3v) is 4.12. The van der Waals surface area contributed by atoms with Gasteiger partial charge in [0.15, 0.2) is 0 Å². The number of hydrogen-bond donors (Lipinski definition) is 2. The zero-order chi connectivity index (χ0) is 15.2. The van der Waals surface area contributed by atoms with Gasteiger partial charge in [0.25, 0.3) is 0 Å². The lowest BCUT2D eigenvalue weighted by molar-refractivity contribution is -0.139. The number of hydrogen-bond acceptors (Lipinski definition) is 3. The number of nitrogens with zero attached hydrogens (tertiary/aromatic N) is 1. The van der Waals surface area contributed by atoms with Crippen LogP contribution >= 0.6 is 15.9 Å². The Kier molecular flexibility index (Phi) is 5.76. The Morgan fingerprint density at radius 3 is 2.62 bits per heavy atom. The SMILES string of the molecule is NC(=O)CN(Cc1ccc(Br)cc1)C(=O)C1CCCNC1. The second-order valence-corrected chi connectivity index (χ2v) is 6.25. The molecule has 6 heteroatoms. The van der Waals surface area contributed by atoms with Crippen molar-refractivity contribution < 1.29 is 9.59 Å². The van der Waals surface area contributed by atoms with Crippen LogP contribution < -0.4 is 11.1 Å². The van der Waals surface area contributed by atoms with Gasteiger partial charge in [-0.05, 0) is 37.1 Å². The largest absolute Gasteiger partial charge is 0.368 e. The van der Waals surface area contributed by atoms with E-state index in [1.807, 2.05) is 24.3 Å². The smallest absolute Gasteiger partial charge is 0.237 e. The number of primary amides is 1. The molecule has 1 heterocycles. The molecular weight excluding hydrogens is 334 g/mol. The van der Waals surface area contributed by atoms with E-state index in [2.05, 4.69) is 21.2 Å². The van der Waals surface area contributed by atoms with Gasteiger partial charge in [0.1, 0.15) is 0 Å². The Bertz CT molecular complexity index is 498. The Balaban J connectivity index is 2.07. The summed E-state index contributed by atoms with van der Waals surface area (Å²) in [5.74, 6) is -0.540. The first-order valence-electron chi connectivity index (χ1n) is 7.08. The first kappa shape index (κ1) is 16.0. The summed E-state index contributed by atoms with van der Waals surface area (Å²) in [4.78, 5) is 25.4. The molecule has 0 bridgehead atoms. The number of nitrogens with two attached hydrogens (primary N) is 1. The first-order valence-corrected chi connectivity index (χ1v) is 7.88. The van der Waals surface area contributed by atoms with Gasteiger partial charge >= 0.3 is 0 Å². The molecule has 2 amide bonds. The number of nitrogens with one attached hydrogen (secondary N) is 1. The molecule has 0 aromatic heterocycles. The maximum Gasteiger partial charge on any atom is 0.237 e. The highest BCUT2D eigenvalue weighted by Crippen LogP contribution is 2.17. The fourth-order valence-corrected chi connectivity index (χ4v) is 2.80. The van der Waals surface area contributed by atoms with Crippen molar-refractivity contribution in [1.82, 2.24) is 10.2 Å². The first-order chi connectivity index (χ1) is 10.1. The maximum atomic E-state index is 12.6. The van der Waals surface area contributed by atoms with Crippen molar-refractivity contribution >= 4 is 27.7 Å². The number of benzene rings is 1. The topological polar surface area (TPSA) is 75.4 Å². The average molecular weight is 354 g/mol. The van der Waals surface area contributed by atoms with Crippen molar-refractivity contribution in [3.05, 3.63) is 34.3 Å². The summed E-state index contributed by atoms with van der Waals surface area (Å²) in [6.45, 7) is 2.00. The summed E-state index contributed by atoms with van der Waals surface area (Å²) in [6, 6.07) is 7.71. The summed E-state index contributed by atoms with van der Waals surface area (Å²) in [6.07, 6.45) is 1.85. The standard InChI is InChI=1S/C15H20BrN3O2/c16-13-5-3-11(4-6-13)9-19(10-14(17)20)15(21)12-2-1-7-18-8-12/h3-6,12,18H,1-2,7-10H2,(H2,17,20). The number of rotatable bonds is 5. The minimum atomic E-state index is -0.482.